The molecule has 2 heterocycles. The van der Waals surface area contributed by atoms with E-state index < -0.39 is 0 Å². The molecular formula is C21H16Cl2N4O2S. The Morgan fingerprint density at radius 1 is 1.07 bits per heavy atom. The number of aromatic nitrogens is 3. The highest BCUT2D eigenvalue weighted by molar-refractivity contribution is 7.99. The number of benzene rings is 2. The first-order chi connectivity index (χ1) is 14.6. The van der Waals surface area contributed by atoms with E-state index in [1.165, 1.54) is 11.8 Å². The Balaban J connectivity index is 1.51. The number of rotatable bonds is 7. The van der Waals surface area contributed by atoms with Crippen LogP contribution in [-0.2, 0) is 11.3 Å². The number of amides is 1. The molecular weight excluding hydrogens is 443 g/mol. The van der Waals surface area contributed by atoms with Crippen LogP contribution in [0.1, 0.15) is 5.56 Å². The zero-order chi connectivity index (χ0) is 20.9. The number of carbonyl (C=O) groups excluding carboxylic acids is 1. The van der Waals surface area contributed by atoms with Crippen molar-refractivity contribution < 1.29 is 9.21 Å². The minimum absolute atomic E-state index is 0.143. The van der Waals surface area contributed by atoms with Crippen LogP contribution in [-0.4, -0.2) is 26.4 Å². The van der Waals surface area contributed by atoms with E-state index in [0.717, 1.165) is 5.56 Å². The number of anilines is 1. The fourth-order valence-electron chi connectivity index (χ4n) is 2.80. The van der Waals surface area contributed by atoms with Crippen LogP contribution in [0.15, 0.2) is 76.5 Å². The largest absolute Gasteiger partial charge is 0.461 e. The normalized spacial score (nSPS) is 10.9. The molecule has 2 aromatic carbocycles. The van der Waals surface area contributed by atoms with Gasteiger partial charge in [0.2, 0.25) is 11.7 Å². The summed E-state index contributed by atoms with van der Waals surface area (Å²) in [6, 6.07) is 18.5. The Morgan fingerprint density at radius 2 is 1.90 bits per heavy atom. The van der Waals surface area contributed by atoms with E-state index in [1.807, 2.05) is 41.0 Å². The number of thioether (sulfide) groups is 1. The summed E-state index contributed by atoms with van der Waals surface area (Å²) in [6.45, 7) is 0.552. The van der Waals surface area contributed by atoms with E-state index in [1.54, 1.807) is 30.5 Å². The zero-order valence-electron chi connectivity index (χ0n) is 15.6. The number of halogens is 2. The van der Waals surface area contributed by atoms with Crippen LogP contribution in [0.5, 0.6) is 0 Å². The van der Waals surface area contributed by atoms with Crippen LogP contribution >= 0.6 is 35.0 Å². The summed E-state index contributed by atoms with van der Waals surface area (Å²) < 4.78 is 7.43. The van der Waals surface area contributed by atoms with Crippen LogP contribution in [0, 0.1) is 0 Å². The van der Waals surface area contributed by atoms with E-state index in [9.17, 15) is 4.79 Å². The standard InChI is InChI=1S/C21H16Cl2N4O2S/c22-15-8-9-17(16(23)11-15)24-19(28)13-30-21-26-25-20(18-7-4-10-29-18)27(21)12-14-5-2-1-3-6-14/h1-11H,12-13H2,(H,24,28). The SMILES string of the molecule is O=C(CSc1nnc(-c2ccco2)n1Cc1ccccc1)Nc1ccc(Cl)cc1Cl. The lowest BCUT2D eigenvalue weighted by atomic mass is 10.2. The first kappa shape index (κ1) is 20.5. The topological polar surface area (TPSA) is 73.0 Å². The lowest BCUT2D eigenvalue weighted by molar-refractivity contribution is -0.113. The molecule has 152 valence electrons. The van der Waals surface area contributed by atoms with E-state index in [2.05, 4.69) is 15.5 Å². The van der Waals surface area contributed by atoms with Gasteiger partial charge in [-0.2, -0.15) is 0 Å². The maximum Gasteiger partial charge on any atom is 0.234 e. The van der Waals surface area contributed by atoms with Gasteiger partial charge in [0, 0.05) is 5.02 Å². The van der Waals surface area contributed by atoms with Gasteiger partial charge in [-0.1, -0.05) is 65.3 Å². The lowest BCUT2D eigenvalue weighted by Crippen LogP contribution is -2.15. The third-order valence-corrected chi connectivity index (χ3v) is 5.69. The fourth-order valence-corrected chi connectivity index (χ4v) is 3.99. The number of carbonyl (C=O) groups is 1. The van der Waals surface area contributed by atoms with Crippen LogP contribution in [0.2, 0.25) is 10.0 Å². The highest BCUT2D eigenvalue weighted by Crippen LogP contribution is 2.27. The second kappa shape index (κ2) is 9.38. The van der Waals surface area contributed by atoms with Crippen molar-refractivity contribution >= 4 is 46.6 Å². The molecule has 0 spiro atoms. The van der Waals surface area contributed by atoms with Crippen molar-refractivity contribution in [1.29, 1.82) is 0 Å². The van der Waals surface area contributed by atoms with Crippen molar-refractivity contribution in [1.82, 2.24) is 14.8 Å². The molecule has 0 bridgehead atoms. The molecule has 0 aliphatic heterocycles. The smallest absolute Gasteiger partial charge is 0.234 e. The summed E-state index contributed by atoms with van der Waals surface area (Å²) in [7, 11) is 0. The summed E-state index contributed by atoms with van der Waals surface area (Å²) >= 11 is 13.3. The number of nitrogens with one attached hydrogen (secondary N) is 1. The predicted octanol–water partition coefficient (Wildman–Crippen LogP) is 5.62. The minimum Gasteiger partial charge on any atom is -0.461 e. The van der Waals surface area contributed by atoms with Gasteiger partial charge in [-0.25, -0.2) is 0 Å². The molecule has 30 heavy (non-hydrogen) atoms. The van der Waals surface area contributed by atoms with Crippen molar-refractivity contribution in [3.8, 4) is 11.6 Å². The molecule has 2 aromatic heterocycles. The average molecular weight is 459 g/mol. The van der Waals surface area contributed by atoms with Gasteiger partial charge in [0.15, 0.2) is 10.9 Å². The Labute approximate surface area is 187 Å². The van der Waals surface area contributed by atoms with Crippen molar-refractivity contribution in [2.75, 3.05) is 11.1 Å². The van der Waals surface area contributed by atoms with Gasteiger partial charge in [-0.15, -0.1) is 10.2 Å². The Kier molecular flexibility index (Phi) is 6.42. The quantitative estimate of drug-likeness (QED) is 0.363. The minimum atomic E-state index is -0.210. The predicted molar refractivity (Wildman–Crippen MR) is 119 cm³/mol. The zero-order valence-corrected chi connectivity index (χ0v) is 17.9. The van der Waals surface area contributed by atoms with Gasteiger partial charge in [0.05, 0.1) is 29.3 Å². The summed E-state index contributed by atoms with van der Waals surface area (Å²) in [6.07, 6.45) is 1.59. The molecule has 0 atom stereocenters. The first-order valence-electron chi connectivity index (χ1n) is 8.99. The molecule has 0 aliphatic rings. The highest BCUT2D eigenvalue weighted by Gasteiger charge is 2.18. The molecule has 1 amide bonds. The van der Waals surface area contributed by atoms with Gasteiger partial charge >= 0.3 is 0 Å². The van der Waals surface area contributed by atoms with Gasteiger partial charge < -0.3 is 9.73 Å². The van der Waals surface area contributed by atoms with E-state index >= 15 is 0 Å². The van der Waals surface area contributed by atoms with Crippen LogP contribution < -0.4 is 5.32 Å². The second-order valence-corrected chi connectivity index (χ2v) is 8.10. The van der Waals surface area contributed by atoms with E-state index in [-0.39, 0.29) is 11.7 Å². The van der Waals surface area contributed by atoms with Gasteiger partial charge in [0.25, 0.3) is 0 Å². The van der Waals surface area contributed by atoms with Crippen LogP contribution in [0.4, 0.5) is 5.69 Å². The number of nitrogens with zero attached hydrogens (tertiary/aromatic N) is 3. The summed E-state index contributed by atoms with van der Waals surface area (Å²) in [5.74, 6) is 1.15. The van der Waals surface area contributed by atoms with E-state index in [4.69, 9.17) is 27.6 Å². The molecule has 4 aromatic rings. The van der Waals surface area contributed by atoms with Crippen molar-refractivity contribution in [3.05, 3.63) is 82.5 Å². The van der Waals surface area contributed by atoms with Crippen LogP contribution in [0.3, 0.4) is 0 Å². The van der Waals surface area contributed by atoms with Gasteiger partial charge in [0.1, 0.15) is 0 Å². The summed E-state index contributed by atoms with van der Waals surface area (Å²) in [5, 5.41) is 12.8. The molecule has 0 saturated carbocycles. The average Bonchev–Trinajstić information content (AvgIpc) is 3.39. The lowest BCUT2D eigenvalue weighted by Gasteiger charge is -2.10. The van der Waals surface area contributed by atoms with Crippen molar-refractivity contribution in [2.45, 2.75) is 11.7 Å². The maximum absolute atomic E-state index is 12.4. The third kappa shape index (κ3) is 4.87. The van der Waals surface area contributed by atoms with Crippen LogP contribution in [0.25, 0.3) is 11.6 Å². The van der Waals surface area contributed by atoms with E-state index in [0.29, 0.717) is 39.0 Å². The number of furan rings is 1. The Hall–Kier alpha value is -2.74. The molecule has 1 N–H and O–H groups in total. The molecule has 0 fully saturated rings. The molecule has 0 saturated heterocycles. The van der Waals surface area contributed by atoms with Gasteiger partial charge in [-0.3, -0.25) is 9.36 Å². The highest BCUT2D eigenvalue weighted by atomic mass is 35.5. The molecule has 0 unspecified atom stereocenters. The molecule has 6 nitrogen and oxygen atoms in total. The second-order valence-electron chi connectivity index (χ2n) is 6.32. The number of hydrogen-bond donors (Lipinski definition) is 1. The van der Waals surface area contributed by atoms with Crippen molar-refractivity contribution in [3.63, 3.8) is 0 Å². The summed E-state index contributed by atoms with van der Waals surface area (Å²) in [4.78, 5) is 12.4. The van der Waals surface area contributed by atoms with Crippen molar-refractivity contribution in [2.24, 2.45) is 0 Å². The first-order valence-corrected chi connectivity index (χ1v) is 10.7. The number of hydrogen-bond acceptors (Lipinski definition) is 5. The molecule has 9 heteroatoms. The van der Waals surface area contributed by atoms with Gasteiger partial charge in [-0.05, 0) is 35.9 Å². The molecule has 4 rings (SSSR count). The Morgan fingerprint density at radius 3 is 2.63 bits per heavy atom. The Bertz CT molecular complexity index is 1150. The monoisotopic (exact) mass is 458 g/mol. The maximum atomic E-state index is 12.4. The molecule has 0 radical (unpaired) electrons. The fraction of sp³-hybridized carbons (Fsp3) is 0.0952. The third-order valence-electron chi connectivity index (χ3n) is 4.18. The summed E-state index contributed by atoms with van der Waals surface area (Å²) in [5.41, 5.74) is 1.60. The molecule has 0 aliphatic carbocycles.